The van der Waals surface area contributed by atoms with E-state index in [0.29, 0.717) is 23.1 Å². The van der Waals surface area contributed by atoms with E-state index in [9.17, 15) is 5.11 Å². The molecule has 2 atom stereocenters. The third-order valence-electron chi connectivity index (χ3n) is 3.85. The molecule has 2 nitrogen and oxygen atoms in total. The minimum absolute atomic E-state index is 0.331. The van der Waals surface area contributed by atoms with E-state index in [1.165, 1.54) is 5.56 Å². The molecule has 1 heterocycles. The first-order valence-electron chi connectivity index (χ1n) is 6.97. The number of fused-ring (bicyclic) bond motifs is 1. The molecule has 1 N–H and O–H groups in total. The van der Waals surface area contributed by atoms with Crippen molar-refractivity contribution in [1.82, 2.24) is 0 Å². The molecule has 1 aliphatic rings. The zero-order chi connectivity index (χ0) is 14.8. The van der Waals surface area contributed by atoms with E-state index >= 15 is 0 Å². The molecule has 110 valence electrons. The second kappa shape index (κ2) is 6.37. The van der Waals surface area contributed by atoms with Crippen LogP contribution in [0.15, 0.2) is 42.5 Å². The fraction of sp³-hybridized carbons (Fsp3) is 0.294. The van der Waals surface area contributed by atoms with Gasteiger partial charge in [-0.25, -0.2) is 0 Å². The van der Waals surface area contributed by atoms with E-state index in [0.717, 1.165) is 17.5 Å². The number of hydrogen-bond donors (Lipinski definition) is 1. The molecule has 0 saturated carbocycles. The summed E-state index contributed by atoms with van der Waals surface area (Å²) in [5.41, 5.74) is 3.05. The number of aliphatic hydroxyl groups is 1. The Balaban J connectivity index is 1.85. The van der Waals surface area contributed by atoms with Crippen molar-refractivity contribution in [3.63, 3.8) is 0 Å². The molecular weight excluding hydrogens is 307 g/mol. The first kappa shape index (κ1) is 14.9. The van der Waals surface area contributed by atoms with Crippen LogP contribution in [0.5, 0.6) is 0 Å². The molecular formula is C17H16Cl2O2. The maximum atomic E-state index is 10.6. The van der Waals surface area contributed by atoms with Gasteiger partial charge in [-0.3, -0.25) is 0 Å². The van der Waals surface area contributed by atoms with E-state index in [-0.39, 0.29) is 6.10 Å². The second-order valence-corrected chi connectivity index (χ2v) is 6.03. The predicted octanol–water partition coefficient (Wildman–Crippen LogP) is 4.21. The minimum atomic E-state index is -0.677. The average molecular weight is 323 g/mol. The number of ether oxygens (including phenoxy) is 1. The van der Waals surface area contributed by atoms with Gasteiger partial charge >= 0.3 is 0 Å². The molecule has 0 fully saturated rings. The summed E-state index contributed by atoms with van der Waals surface area (Å²) in [6.07, 6.45) is 0.246. The zero-order valence-electron chi connectivity index (χ0n) is 11.4. The van der Waals surface area contributed by atoms with Gasteiger partial charge in [-0.2, -0.15) is 0 Å². The van der Waals surface area contributed by atoms with Gasteiger partial charge in [0.25, 0.3) is 0 Å². The van der Waals surface area contributed by atoms with Crippen molar-refractivity contribution in [2.45, 2.75) is 25.0 Å². The van der Waals surface area contributed by atoms with Gasteiger partial charge in [-0.05, 0) is 35.2 Å². The van der Waals surface area contributed by atoms with Crippen molar-refractivity contribution in [1.29, 1.82) is 0 Å². The van der Waals surface area contributed by atoms with Crippen LogP contribution in [0, 0.1) is 0 Å². The van der Waals surface area contributed by atoms with Crippen molar-refractivity contribution in [2.75, 3.05) is 6.61 Å². The Labute approximate surface area is 134 Å². The van der Waals surface area contributed by atoms with Crippen LogP contribution < -0.4 is 0 Å². The van der Waals surface area contributed by atoms with Crippen molar-refractivity contribution < 1.29 is 9.84 Å². The summed E-state index contributed by atoms with van der Waals surface area (Å²) in [6.45, 7) is 0.620. The minimum Gasteiger partial charge on any atom is -0.390 e. The number of hydrogen-bond acceptors (Lipinski definition) is 2. The number of benzene rings is 2. The topological polar surface area (TPSA) is 29.5 Å². The highest BCUT2D eigenvalue weighted by atomic mass is 35.5. The van der Waals surface area contributed by atoms with E-state index in [4.69, 9.17) is 27.9 Å². The molecule has 21 heavy (non-hydrogen) atoms. The summed E-state index contributed by atoms with van der Waals surface area (Å²) >= 11 is 12.4. The Bertz CT molecular complexity index is 622. The molecule has 0 aliphatic carbocycles. The van der Waals surface area contributed by atoms with E-state index in [1.807, 2.05) is 18.2 Å². The Kier molecular flexibility index (Phi) is 4.51. The van der Waals surface area contributed by atoms with Crippen LogP contribution >= 0.6 is 23.2 Å². The molecule has 2 aromatic carbocycles. The lowest BCUT2D eigenvalue weighted by Gasteiger charge is -2.30. The summed E-state index contributed by atoms with van der Waals surface area (Å²) in [7, 11) is 0. The molecule has 0 bridgehead atoms. The SMILES string of the molecule is OC(Cc1c(Cl)cccc1Cl)C1OCCc2ccccc21. The monoisotopic (exact) mass is 322 g/mol. The van der Waals surface area contributed by atoms with E-state index in [2.05, 4.69) is 6.07 Å². The van der Waals surface area contributed by atoms with Crippen LogP contribution in [-0.4, -0.2) is 17.8 Å². The molecule has 3 rings (SSSR count). The zero-order valence-corrected chi connectivity index (χ0v) is 12.9. The molecule has 0 spiro atoms. The average Bonchev–Trinajstić information content (AvgIpc) is 2.50. The van der Waals surface area contributed by atoms with Gasteiger partial charge in [0.2, 0.25) is 0 Å². The van der Waals surface area contributed by atoms with Crippen molar-refractivity contribution in [2.24, 2.45) is 0 Å². The van der Waals surface area contributed by atoms with Crippen molar-refractivity contribution in [3.8, 4) is 0 Å². The highest BCUT2D eigenvalue weighted by Crippen LogP contribution is 2.33. The number of rotatable bonds is 3. The van der Waals surface area contributed by atoms with Crippen LogP contribution in [0.1, 0.15) is 22.8 Å². The van der Waals surface area contributed by atoms with Crippen molar-refractivity contribution in [3.05, 3.63) is 69.2 Å². The van der Waals surface area contributed by atoms with Crippen LogP contribution in [0.3, 0.4) is 0 Å². The highest BCUT2D eigenvalue weighted by Gasteiger charge is 2.28. The van der Waals surface area contributed by atoms with Gasteiger partial charge < -0.3 is 9.84 Å². The lowest BCUT2D eigenvalue weighted by atomic mass is 9.92. The molecule has 0 radical (unpaired) electrons. The fourth-order valence-electron chi connectivity index (χ4n) is 2.79. The standard InChI is InChI=1S/C17H16Cl2O2/c18-14-6-3-7-15(19)13(14)10-16(20)17-12-5-2-1-4-11(12)8-9-21-17/h1-7,16-17,20H,8-10H2. The summed E-state index contributed by atoms with van der Waals surface area (Å²) in [6, 6.07) is 13.4. The Morgan fingerprint density at radius 3 is 2.57 bits per heavy atom. The maximum Gasteiger partial charge on any atom is 0.109 e. The first-order valence-corrected chi connectivity index (χ1v) is 7.73. The Morgan fingerprint density at radius 2 is 1.81 bits per heavy atom. The molecule has 0 aromatic heterocycles. The van der Waals surface area contributed by atoms with Crippen LogP contribution in [0.2, 0.25) is 10.0 Å². The van der Waals surface area contributed by atoms with Gasteiger partial charge in [0.05, 0.1) is 12.7 Å². The summed E-state index contributed by atoms with van der Waals surface area (Å²) in [4.78, 5) is 0. The van der Waals surface area contributed by atoms with Crippen molar-refractivity contribution >= 4 is 23.2 Å². The van der Waals surface area contributed by atoms with Crippen LogP contribution in [0.4, 0.5) is 0 Å². The second-order valence-electron chi connectivity index (χ2n) is 5.21. The van der Waals surface area contributed by atoms with Gasteiger partial charge in [-0.15, -0.1) is 0 Å². The summed E-state index contributed by atoms with van der Waals surface area (Å²) < 4.78 is 5.78. The number of aliphatic hydroxyl groups excluding tert-OH is 1. The highest BCUT2D eigenvalue weighted by molar-refractivity contribution is 6.36. The smallest absolute Gasteiger partial charge is 0.109 e. The summed E-state index contributed by atoms with van der Waals surface area (Å²) in [5, 5.41) is 11.7. The Hall–Kier alpha value is -1.06. The normalized spacial score (nSPS) is 19.1. The lowest BCUT2D eigenvalue weighted by molar-refractivity contribution is -0.0460. The van der Waals surface area contributed by atoms with Crippen LogP contribution in [-0.2, 0) is 17.6 Å². The molecule has 2 unspecified atom stereocenters. The van der Waals surface area contributed by atoms with Gasteiger partial charge in [0, 0.05) is 16.5 Å². The Morgan fingerprint density at radius 1 is 1.10 bits per heavy atom. The first-order chi connectivity index (χ1) is 10.2. The predicted molar refractivity (Wildman–Crippen MR) is 85.0 cm³/mol. The number of halogens is 2. The third kappa shape index (κ3) is 3.09. The quantitative estimate of drug-likeness (QED) is 0.917. The maximum absolute atomic E-state index is 10.6. The summed E-state index contributed by atoms with van der Waals surface area (Å²) in [5.74, 6) is 0. The van der Waals surface area contributed by atoms with E-state index < -0.39 is 6.10 Å². The largest absolute Gasteiger partial charge is 0.390 e. The molecule has 0 amide bonds. The van der Waals surface area contributed by atoms with Gasteiger partial charge in [0.1, 0.15) is 6.10 Å². The van der Waals surface area contributed by atoms with Gasteiger partial charge in [-0.1, -0.05) is 53.5 Å². The lowest BCUT2D eigenvalue weighted by Crippen LogP contribution is -2.28. The third-order valence-corrected chi connectivity index (χ3v) is 4.56. The fourth-order valence-corrected chi connectivity index (χ4v) is 3.34. The molecule has 1 aliphatic heterocycles. The van der Waals surface area contributed by atoms with E-state index in [1.54, 1.807) is 18.2 Å². The molecule has 0 saturated heterocycles. The van der Waals surface area contributed by atoms with Crippen LogP contribution in [0.25, 0.3) is 0 Å². The van der Waals surface area contributed by atoms with Gasteiger partial charge in [0.15, 0.2) is 0 Å². The molecule has 2 aromatic rings. The molecule has 4 heteroatoms.